The molecule has 82 valence electrons. The van der Waals surface area contributed by atoms with Crippen LogP contribution in [0, 0.1) is 0 Å². The van der Waals surface area contributed by atoms with Crippen LogP contribution < -0.4 is 4.74 Å². The van der Waals surface area contributed by atoms with E-state index < -0.39 is 5.97 Å². The van der Waals surface area contributed by atoms with Crippen LogP contribution in [0.25, 0.3) is 10.4 Å². The Hall–Kier alpha value is -2.20. The lowest BCUT2D eigenvalue weighted by Gasteiger charge is -2.22. The summed E-state index contributed by atoms with van der Waals surface area (Å²) in [4.78, 5) is 13.6. The van der Waals surface area contributed by atoms with Crippen molar-refractivity contribution in [3.63, 3.8) is 0 Å². The number of ether oxygens (including phenoxy) is 1. The molecule has 1 aliphatic heterocycles. The van der Waals surface area contributed by atoms with Crippen LogP contribution in [0.15, 0.2) is 23.3 Å². The van der Waals surface area contributed by atoms with Crippen molar-refractivity contribution in [2.75, 3.05) is 6.61 Å². The van der Waals surface area contributed by atoms with Crippen molar-refractivity contribution in [1.82, 2.24) is 0 Å². The summed E-state index contributed by atoms with van der Waals surface area (Å²) in [5.41, 5.74) is 9.24. The second kappa shape index (κ2) is 4.12. The van der Waals surface area contributed by atoms with Crippen molar-refractivity contribution in [2.24, 2.45) is 5.11 Å². The summed E-state index contributed by atoms with van der Waals surface area (Å²) in [6.07, 6.45) is 0.570. The molecule has 0 amide bonds. The van der Waals surface area contributed by atoms with Gasteiger partial charge in [0.1, 0.15) is 5.75 Å². The second-order valence-corrected chi connectivity index (χ2v) is 3.42. The van der Waals surface area contributed by atoms with Gasteiger partial charge in [-0.15, -0.1) is 0 Å². The number of carbonyl (C=O) groups is 1. The van der Waals surface area contributed by atoms with Gasteiger partial charge in [-0.2, -0.15) is 0 Å². The summed E-state index contributed by atoms with van der Waals surface area (Å²) in [6.45, 7) is 0.475. The molecule has 16 heavy (non-hydrogen) atoms. The van der Waals surface area contributed by atoms with Crippen LogP contribution >= 0.6 is 0 Å². The van der Waals surface area contributed by atoms with Crippen molar-refractivity contribution in [2.45, 2.75) is 12.5 Å². The Morgan fingerprint density at radius 3 is 3.12 bits per heavy atom. The van der Waals surface area contributed by atoms with Crippen LogP contribution in [-0.4, -0.2) is 17.7 Å². The standard InChI is InChI=1S/C10H9N3O3/c11-13-12-8-3-4-16-9-2-1-6(10(14)15)5-7(8)9/h1-2,5,8H,3-4H2,(H,14,15). The minimum Gasteiger partial charge on any atom is -0.493 e. The van der Waals surface area contributed by atoms with E-state index in [1.54, 1.807) is 6.07 Å². The fourth-order valence-corrected chi connectivity index (χ4v) is 1.69. The molecule has 1 aromatic carbocycles. The van der Waals surface area contributed by atoms with Crippen molar-refractivity contribution < 1.29 is 14.6 Å². The first kappa shape index (κ1) is 10.3. The van der Waals surface area contributed by atoms with Gasteiger partial charge >= 0.3 is 5.97 Å². The maximum atomic E-state index is 10.8. The van der Waals surface area contributed by atoms with Crippen LogP contribution in [0.5, 0.6) is 5.75 Å². The average molecular weight is 219 g/mol. The second-order valence-electron chi connectivity index (χ2n) is 3.42. The Morgan fingerprint density at radius 2 is 2.44 bits per heavy atom. The Bertz CT molecular complexity index is 480. The van der Waals surface area contributed by atoms with E-state index in [4.69, 9.17) is 15.4 Å². The predicted molar refractivity (Wildman–Crippen MR) is 55.4 cm³/mol. The number of rotatable bonds is 2. The van der Waals surface area contributed by atoms with E-state index in [0.29, 0.717) is 24.3 Å². The monoisotopic (exact) mass is 219 g/mol. The maximum absolute atomic E-state index is 10.8. The summed E-state index contributed by atoms with van der Waals surface area (Å²) in [7, 11) is 0. The van der Waals surface area contributed by atoms with E-state index >= 15 is 0 Å². The van der Waals surface area contributed by atoms with Crippen molar-refractivity contribution >= 4 is 5.97 Å². The van der Waals surface area contributed by atoms with E-state index in [9.17, 15) is 4.79 Å². The van der Waals surface area contributed by atoms with E-state index in [2.05, 4.69) is 10.0 Å². The first-order valence-corrected chi connectivity index (χ1v) is 4.76. The van der Waals surface area contributed by atoms with Gasteiger partial charge in [0.25, 0.3) is 0 Å². The molecular formula is C10H9N3O3. The SMILES string of the molecule is [N-]=[N+]=NC1CCOc2ccc(C(=O)O)cc21. The van der Waals surface area contributed by atoms with Gasteiger partial charge < -0.3 is 9.84 Å². The van der Waals surface area contributed by atoms with Gasteiger partial charge in [-0.25, -0.2) is 4.79 Å². The largest absolute Gasteiger partial charge is 0.493 e. The zero-order valence-corrected chi connectivity index (χ0v) is 8.33. The molecule has 6 heteroatoms. The van der Waals surface area contributed by atoms with Crippen molar-refractivity contribution in [3.8, 4) is 5.75 Å². The highest BCUT2D eigenvalue weighted by atomic mass is 16.5. The van der Waals surface area contributed by atoms with Crippen molar-refractivity contribution in [1.29, 1.82) is 0 Å². The number of carboxylic acids is 1. The van der Waals surface area contributed by atoms with Crippen LogP contribution in [0.2, 0.25) is 0 Å². The molecule has 0 radical (unpaired) electrons. The lowest BCUT2D eigenvalue weighted by molar-refractivity contribution is 0.0696. The number of fused-ring (bicyclic) bond motifs is 1. The number of hydrogen-bond donors (Lipinski definition) is 1. The third-order valence-electron chi connectivity index (χ3n) is 2.46. The minimum absolute atomic E-state index is 0.169. The van der Waals surface area contributed by atoms with Gasteiger partial charge in [0.15, 0.2) is 0 Å². The lowest BCUT2D eigenvalue weighted by atomic mass is 9.99. The molecule has 1 heterocycles. The Kier molecular flexibility index (Phi) is 2.66. The molecular weight excluding hydrogens is 210 g/mol. The number of nitrogens with zero attached hydrogens (tertiary/aromatic N) is 3. The zero-order chi connectivity index (χ0) is 11.5. The fourth-order valence-electron chi connectivity index (χ4n) is 1.69. The highest BCUT2D eigenvalue weighted by molar-refractivity contribution is 5.88. The highest BCUT2D eigenvalue weighted by Crippen LogP contribution is 2.35. The fraction of sp³-hybridized carbons (Fsp3) is 0.300. The highest BCUT2D eigenvalue weighted by Gasteiger charge is 2.21. The van der Waals surface area contributed by atoms with Gasteiger partial charge in [-0.05, 0) is 30.2 Å². The Labute approximate surface area is 91.1 Å². The third-order valence-corrected chi connectivity index (χ3v) is 2.46. The Morgan fingerprint density at radius 1 is 1.62 bits per heavy atom. The summed E-state index contributed by atoms with van der Waals surface area (Å²) in [6, 6.07) is 4.22. The summed E-state index contributed by atoms with van der Waals surface area (Å²) in [5.74, 6) is -0.415. The Balaban J connectivity index is 2.48. The van der Waals surface area contributed by atoms with Crippen LogP contribution in [-0.2, 0) is 0 Å². The minimum atomic E-state index is -1.01. The van der Waals surface area contributed by atoms with Crippen LogP contribution in [0.1, 0.15) is 28.4 Å². The molecule has 0 fully saturated rings. The van der Waals surface area contributed by atoms with E-state index in [1.807, 2.05) is 0 Å². The van der Waals surface area contributed by atoms with Gasteiger partial charge in [0.2, 0.25) is 0 Å². The van der Waals surface area contributed by atoms with Crippen molar-refractivity contribution in [3.05, 3.63) is 39.8 Å². The van der Waals surface area contributed by atoms with Gasteiger partial charge in [0, 0.05) is 10.5 Å². The average Bonchev–Trinajstić information content (AvgIpc) is 2.29. The van der Waals surface area contributed by atoms with E-state index in [-0.39, 0.29) is 11.6 Å². The van der Waals surface area contributed by atoms with E-state index in [0.717, 1.165) is 0 Å². The molecule has 0 saturated carbocycles. The first-order valence-electron chi connectivity index (χ1n) is 4.76. The molecule has 1 aromatic rings. The topological polar surface area (TPSA) is 95.3 Å². The van der Waals surface area contributed by atoms with Crippen LogP contribution in [0.3, 0.4) is 0 Å². The number of azide groups is 1. The molecule has 1 unspecified atom stereocenters. The molecule has 1 aliphatic rings. The zero-order valence-electron chi connectivity index (χ0n) is 8.33. The molecule has 0 spiro atoms. The molecule has 6 nitrogen and oxygen atoms in total. The normalized spacial score (nSPS) is 17.9. The molecule has 2 rings (SSSR count). The van der Waals surface area contributed by atoms with Crippen LogP contribution in [0.4, 0.5) is 0 Å². The van der Waals surface area contributed by atoms with Gasteiger partial charge in [-0.3, -0.25) is 0 Å². The number of benzene rings is 1. The lowest BCUT2D eigenvalue weighted by Crippen LogP contribution is -2.13. The molecule has 0 aliphatic carbocycles. The quantitative estimate of drug-likeness (QED) is 0.470. The predicted octanol–water partition coefficient (Wildman–Crippen LogP) is 2.52. The molecule has 1 N–H and O–H groups in total. The first-order chi connectivity index (χ1) is 7.72. The summed E-state index contributed by atoms with van der Waals surface area (Å²) < 4.78 is 5.36. The smallest absolute Gasteiger partial charge is 0.335 e. The third kappa shape index (κ3) is 1.78. The van der Waals surface area contributed by atoms with Gasteiger partial charge in [-0.1, -0.05) is 5.11 Å². The summed E-state index contributed by atoms with van der Waals surface area (Å²) >= 11 is 0. The molecule has 0 bridgehead atoms. The summed E-state index contributed by atoms with van der Waals surface area (Å²) in [5, 5.41) is 12.5. The molecule has 0 aromatic heterocycles. The number of hydrogen-bond acceptors (Lipinski definition) is 3. The molecule has 0 saturated heterocycles. The maximum Gasteiger partial charge on any atom is 0.335 e. The van der Waals surface area contributed by atoms with Gasteiger partial charge in [0.05, 0.1) is 18.2 Å². The van der Waals surface area contributed by atoms with E-state index in [1.165, 1.54) is 12.1 Å². The number of aromatic carboxylic acids is 1. The molecule has 1 atom stereocenters. The number of carboxylic acid groups (broad SMARTS) is 1.